The lowest BCUT2D eigenvalue weighted by atomic mass is 9.82. The standard InChI is InChI=1S/C32H44NO2P/c1-9-32(7,28-19-27(31(4,5)6)18-24(3)29(28)35-22-34-8)36-30-23(2)14-13-17-26(30)21-33-20-25-15-11-10-12-16-25/h10-19,33,36H,9,20-22H2,1-8H3. The molecule has 0 bridgehead atoms. The van der Waals surface area contributed by atoms with E-state index in [9.17, 15) is 0 Å². The molecule has 3 aromatic rings. The van der Waals surface area contributed by atoms with Crippen molar-refractivity contribution >= 4 is 13.9 Å². The van der Waals surface area contributed by atoms with Gasteiger partial charge in [0.15, 0.2) is 6.79 Å². The van der Waals surface area contributed by atoms with E-state index in [4.69, 9.17) is 9.47 Å². The third kappa shape index (κ3) is 6.97. The number of rotatable bonds is 11. The summed E-state index contributed by atoms with van der Waals surface area (Å²) in [6.45, 7) is 17.9. The predicted octanol–water partition coefficient (Wildman–Crippen LogP) is 7.50. The van der Waals surface area contributed by atoms with Crippen LogP contribution >= 0.6 is 8.58 Å². The van der Waals surface area contributed by atoms with Crippen molar-refractivity contribution in [2.24, 2.45) is 0 Å². The first-order chi connectivity index (χ1) is 17.1. The molecule has 0 spiro atoms. The molecule has 0 saturated heterocycles. The van der Waals surface area contributed by atoms with Crippen LogP contribution in [-0.4, -0.2) is 13.9 Å². The monoisotopic (exact) mass is 505 g/mol. The third-order valence-electron chi connectivity index (χ3n) is 7.01. The Morgan fingerprint density at radius 3 is 2.22 bits per heavy atom. The van der Waals surface area contributed by atoms with Crippen LogP contribution in [0.25, 0.3) is 0 Å². The summed E-state index contributed by atoms with van der Waals surface area (Å²) in [5, 5.41) is 5.07. The van der Waals surface area contributed by atoms with E-state index in [1.54, 1.807) is 7.11 Å². The van der Waals surface area contributed by atoms with Crippen LogP contribution in [0.4, 0.5) is 0 Å². The van der Waals surface area contributed by atoms with E-state index in [1.807, 2.05) is 0 Å². The lowest BCUT2D eigenvalue weighted by Gasteiger charge is -2.35. The fourth-order valence-corrected chi connectivity index (χ4v) is 6.20. The number of hydrogen-bond acceptors (Lipinski definition) is 3. The molecule has 4 heteroatoms. The maximum absolute atomic E-state index is 6.21. The molecular formula is C32H44NO2P. The minimum atomic E-state index is -0.0601. The molecule has 0 amide bonds. The topological polar surface area (TPSA) is 30.5 Å². The molecular weight excluding hydrogens is 461 g/mol. The van der Waals surface area contributed by atoms with Crippen LogP contribution in [0.3, 0.4) is 0 Å². The molecule has 36 heavy (non-hydrogen) atoms. The highest BCUT2D eigenvalue weighted by Crippen LogP contribution is 2.50. The highest BCUT2D eigenvalue weighted by molar-refractivity contribution is 7.48. The average Bonchev–Trinajstić information content (AvgIpc) is 2.85. The van der Waals surface area contributed by atoms with Crippen molar-refractivity contribution in [2.45, 2.75) is 78.5 Å². The maximum atomic E-state index is 6.21. The van der Waals surface area contributed by atoms with Gasteiger partial charge >= 0.3 is 0 Å². The second-order valence-corrected chi connectivity index (χ2v) is 12.8. The van der Waals surface area contributed by atoms with Crippen molar-refractivity contribution < 1.29 is 9.47 Å². The Hall–Kier alpha value is -2.19. The number of benzene rings is 3. The smallest absolute Gasteiger partial charge is 0.188 e. The average molecular weight is 506 g/mol. The molecule has 0 saturated carbocycles. The summed E-state index contributed by atoms with van der Waals surface area (Å²) >= 11 is 0. The van der Waals surface area contributed by atoms with Crippen molar-refractivity contribution in [1.29, 1.82) is 0 Å². The molecule has 2 atom stereocenters. The minimum absolute atomic E-state index is 0.0601. The Labute approximate surface area is 220 Å². The van der Waals surface area contributed by atoms with E-state index >= 15 is 0 Å². The van der Waals surface area contributed by atoms with Gasteiger partial charge in [0.1, 0.15) is 5.75 Å². The molecule has 2 unspecified atom stereocenters. The summed E-state index contributed by atoms with van der Waals surface area (Å²) < 4.78 is 11.5. The van der Waals surface area contributed by atoms with E-state index < -0.39 is 0 Å². The fourth-order valence-electron chi connectivity index (χ4n) is 4.54. The van der Waals surface area contributed by atoms with E-state index in [1.165, 1.54) is 38.7 Å². The summed E-state index contributed by atoms with van der Waals surface area (Å²) in [6, 6.07) is 22.0. The van der Waals surface area contributed by atoms with Gasteiger partial charge in [0, 0.05) is 30.9 Å². The van der Waals surface area contributed by atoms with Gasteiger partial charge in [0.2, 0.25) is 0 Å². The van der Waals surface area contributed by atoms with E-state index in [2.05, 4.69) is 114 Å². The van der Waals surface area contributed by atoms with Crippen LogP contribution in [-0.2, 0) is 28.4 Å². The van der Waals surface area contributed by atoms with E-state index in [0.29, 0.717) is 8.58 Å². The summed E-state index contributed by atoms with van der Waals surface area (Å²) in [7, 11) is 2.30. The second-order valence-electron chi connectivity index (χ2n) is 11.0. The largest absolute Gasteiger partial charge is 0.467 e. The van der Waals surface area contributed by atoms with Gasteiger partial charge in [-0.05, 0) is 58.8 Å². The molecule has 0 aromatic heterocycles. The first-order valence-electron chi connectivity index (χ1n) is 13.0. The van der Waals surface area contributed by atoms with Crippen LogP contribution in [0.1, 0.15) is 74.4 Å². The molecule has 0 heterocycles. The molecule has 0 aliphatic rings. The number of methoxy groups -OCH3 is 1. The van der Waals surface area contributed by atoms with Gasteiger partial charge in [-0.3, -0.25) is 0 Å². The van der Waals surface area contributed by atoms with Crippen molar-refractivity contribution in [3.63, 3.8) is 0 Å². The van der Waals surface area contributed by atoms with Crippen LogP contribution < -0.4 is 15.4 Å². The minimum Gasteiger partial charge on any atom is -0.467 e. The van der Waals surface area contributed by atoms with E-state index in [0.717, 1.165) is 25.3 Å². The van der Waals surface area contributed by atoms with Gasteiger partial charge in [0.05, 0.1) is 0 Å². The van der Waals surface area contributed by atoms with E-state index in [-0.39, 0.29) is 17.4 Å². The van der Waals surface area contributed by atoms with Gasteiger partial charge in [-0.1, -0.05) is 104 Å². The first kappa shape index (κ1) is 28.4. The molecule has 0 radical (unpaired) electrons. The molecule has 3 nitrogen and oxygen atoms in total. The Bertz CT molecular complexity index is 1140. The quantitative estimate of drug-likeness (QED) is 0.216. The number of aryl methyl sites for hydroxylation is 2. The summed E-state index contributed by atoms with van der Waals surface area (Å²) in [6.07, 6.45) is 1.02. The Morgan fingerprint density at radius 1 is 0.861 bits per heavy atom. The molecule has 0 fully saturated rings. The van der Waals surface area contributed by atoms with Crippen molar-refractivity contribution in [1.82, 2.24) is 5.32 Å². The van der Waals surface area contributed by atoms with Crippen LogP contribution in [0.2, 0.25) is 0 Å². The Kier molecular flexibility index (Phi) is 9.75. The van der Waals surface area contributed by atoms with Gasteiger partial charge in [-0.25, -0.2) is 0 Å². The number of ether oxygens (including phenoxy) is 2. The summed E-state index contributed by atoms with van der Waals surface area (Å²) in [4.78, 5) is 0. The zero-order valence-electron chi connectivity index (χ0n) is 23.4. The fraction of sp³-hybridized carbons (Fsp3) is 0.438. The van der Waals surface area contributed by atoms with Crippen molar-refractivity contribution in [3.05, 3.63) is 94.0 Å². The van der Waals surface area contributed by atoms with Gasteiger partial charge < -0.3 is 14.8 Å². The molecule has 0 aliphatic heterocycles. The van der Waals surface area contributed by atoms with Crippen LogP contribution in [0, 0.1) is 13.8 Å². The van der Waals surface area contributed by atoms with Crippen molar-refractivity contribution in [3.8, 4) is 5.75 Å². The molecule has 3 aromatic carbocycles. The SMILES string of the molecule is CCC(C)(Pc1c(C)cccc1CNCc1ccccc1)c1cc(C(C)(C)C)cc(C)c1OCOC. The summed E-state index contributed by atoms with van der Waals surface area (Å²) in [5.41, 5.74) is 7.92. The summed E-state index contributed by atoms with van der Waals surface area (Å²) in [5.74, 6) is 0.971. The van der Waals surface area contributed by atoms with Gasteiger partial charge in [0.25, 0.3) is 0 Å². The lowest BCUT2D eigenvalue weighted by molar-refractivity contribution is 0.0495. The maximum Gasteiger partial charge on any atom is 0.188 e. The highest BCUT2D eigenvalue weighted by atomic mass is 31.1. The zero-order valence-corrected chi connectivity index (χ0v) is 24.4. The zero-order chi connectivity index (χ0) is 26.3. The normalized spacial score (nSPS) is 13.8. The second kappa shape index (κ2) is 12.4. The Balaban J connectivity index is 1.99. The Morgan fingerprint density at radius 2 is 1.58 bits per heavy atom. The third-order valence-corrected chi connectivity index (χ3v) is 9.15. The predicted molar refractivity (Wildman–Crippen MR) is 156 cm³/mol. The molecule has 3 rings (SSSR count). The van der Waals surface area contributed by atoms with Gasteiger partial charge in [-0.15, -0.1) is 0 Å². The van der Waals surface area contributed by atoms with Crippen LogP contribution in [0.15, 0.2) is 60.7 Å². The number of hydrogen-bond donors (Lipinski definition) is 1. The van der Waals surface area contributed by atoms with Crippen molar-refractivity contribution in [2.75, 3.05) is 13.9 Å². The molecule has 1 N–H and O–H groups in total. The highest BCUT2D eigenvalue weighted by Gasteiger charge is 2.32. The van der Waals surface area contributed by atoms with Gasteiger partial charge in [-0.2, -0.15) is 0 Å². The lowest BCUT2D eigenvalue weighted by Crippen LogP contribution is -2.26. The molecule has 194 valence electrons. The van der Waals surface area contributed by atoms with Crippen LogP contribution in [0.5, 0.6) is 5.75 Å². The number of nitrogens with one attached hydrogen (secondary N) is 1. The molecule has 0 aliphatic carbocycles. The first-order valence-corrected chi connectivity index (χ1v) is 14.0.